The van der Waals surface area contributed by atoms with Crippen LogP contribution in [0.15, 0.2) is 36.4 Å². The normalized spacial score (nSPS) is 19.7. The first kappa shape index (κ1) is 35.1. The van der Waals surface area contributed by atoms with E-state index in [2.05, 4.69) is 4.90 Å². The van der Waals surface area contributed by atoms with Gasteiger partial charge in [0, 0.05) is 70.3 Å². The van der Waals surface area contributed by atoms with E-state index in [-0.39, 0.29) is 66.3 Å². The number of hydrogen-bond acceptors (Lipinski definition) is 5. The number of piperazine rings is 1. The van der Waals surface area contributed by atoms with Crippen molar-refractivity contribution in [2.24, 2.45) is 0 Å². The number of hydrogen-bond donors (Lipinski definition) is 1. The molecule has 2 aliphatic heterocycles. The predicted octanol–water partition coefficient (Wildman–Crippen LogP) is 6.02. The summed E-state index contributed by atoms with van der Waals surface area (Å²) in [7, 11) is 1.24. The maximum absolute atomic E-state index is 13.6. The number of nitrogens with zero attached hydrogens (tertiary/aromatic N) is 3. The second kappa shape index (κ2) is 14.4. The topological polar surface area (TPSA) is 56.2 Å². The Morgan fingerprint density at radius 2 is 1.68 bits per heavy atom. The number of methoxy groups -OCH3 is 1. The Labute approximate surface area is 253 Å². The summed E-state index contributed by atoms with van der Waals surface area (Å²) in [6.07, 6.45) is -4.66. The highest BCUT2D eigenvalue weighted by Gasteiger charge is 2.36. The minimum atomic E-state index is -4.65. The van der Waals surface area contributed by atoms with Crippen molar-refractivity contribution in [1.29, 1.82) is 0 Å². The average molecular weight is 649 g/mol. The van der Waals surface area contributed by atoms with Gasteiger partial charge < -0.3 is 19.6 Å². The molecule has 1 N–H and O–H groups in total. The van der Waals surface area contributed by atoms with Gasteiger partial charge in [-0.1, -0.05) is 17.7 Å². The molecule has 0 aromatic heterocycles. The average Bonchev–Trinajstić information content (AvgIpc) is 2.89. The third kappa shape index (κ3) is 9.22. The molecule has 1 amide bonds. The number of rotatable bonds is 7. The molecule has 4 rings (SSSR count). The first-order chi connectivity index (χ1) is 18.3. The van der Waals surface area contributed by atoms with Crippen molar-refractivity contribution in [2.75, 3.05) is 52.9 Å². The lowest BCUT2D eigenvalue weighted by Crippen LogP contribution is -2.57. The molecule has 2 heterocycles. The molecule has 41 heavy (non-hydrogen) atoms. The molecule has 0 unspecified atom stereocenters. The van der Waals surface area contributed by atoms with E-state index < -0.39 is 29.6 Å². The summed E-state index contributed by atoms with van der Waals surface area (Å²) < 4.78 is 72.5. The van der Waals surface area contributed by atoms with Crippen LogP contribution in [0.4, 0.5) is 22.0 Å². The maximum Gasteiger partial charge on any atom is 0.416 e. The number of amides is 1. The van der Waals surface area contributed by atoms with Gasteiger partial charge in [0.1, 0.15) is 11.5 Å². The first-order valence-electron chi connectivity index (χ1n) is 12.7. The van der Waals surface area contributed by atoms with Crippen molar-refractivity contribution in [3.8, 4) is 11.5 Å². The van der Waals surface area contributed by atoms with Crippen LogP contribution < -0.4 is 4.74 Å². The van der Waals surface area contributed by atoms with E-state index in [4.69, 9.17) is 16.3 Å². The van der Waals surface area contributed by atoms with Crippen LogP contribution in [0.3, 0.4) is 0 Å². The zero-order chi connectivity index (χ0) is 28.4. The Hall–Kier alpha value is -2.05. The van der Waals surface area contributed by atoms with E-state index in [0.717, 1.165) is 12.1 Å². The van der Waals surface area contributed by atoms with Crippen LogP contribution in [-0.4, -0.2) is 90.6 Å². The summed E-state index contributed by atoms with van der Waals surface area (Å²) in [5.41, 5.74) is -0.398. The number of alkyl halides is 5. The highest BCUT2D eigenvalue weighted by Crippen LogP contribution is 2.34. The molecule has 0 saturated carbocycles. The first-order valence-corrected chi connectivity index (χ1v) is 13.1. The lowest BCUT2D eigenvalue weighted by Gasteiger charge is -2.42. The van der Waals surface area contributed by atoms with Crippen molar-refractivity contribution in [2.45, 2.75) is 37.4 Å². The van der Waals surface area contributed by atoms with E-state index in [9.17, 15) is 31.9 Å². The molecule has 2 aliphatic rings. The van der Waals surface area contributed by atoms with Gasteiger partial charge in [0.05, 0.1) is 17.7 Å². The van der Waals surface area contributed by atoms with E-state index in [0.29, 0.717) is 51.3 Å². The molecular weight excluding hydrogens is 616 g/mol. The third-order valence-electron chi connectivity index (χ3n) is 7.35. The number of likely N-dealkylation sites (tertiary alicyclic amines) is 1. The van der Waals surface area contributed by atoms with Gasteiger partial charge in [-0.3, -0.25) is 9.69 Å². The molecule has 2 saturated heterocycles. The van der Waals surface area contributed by atoms with Gasteiger partial charge in [-0.15, -0.1) is 24.8 Å². The van der Waals surface area contributed by atoms with Crippen LogP contribution >= 0.6 is 36.4 Å². The van der Waals surface area contributed by atoms with Crippen LogP contribution in [-0.2, 0) is 12.6 Å². The van der Waals surface area contributed by atoms with Crippen molar-refractivity contribution in [1.82, 2.24) is 14.7 Å². The molecule has 2 aromatic carbocycles. The zero-order valence-corrected chi connectivity index (χ0v) is 24.7. The Morgan fingerprint density at radius 1 is 1.02 bits per heavy atom. The molecule has 230 valence electrons. The molecule has 14 heteroatoms. The maximum atomic E-state index is 13.6. The van der Waals surface area contributed by atoms with Gasteiger partial charge in [0.2, 0.25) is 0 Å². The van der Waals surface area contributed by atoms with Crippen LogP contribution in [0.1, 0.15) is 34.3 Å². The number of aromatic hydroxyl groups is 1. The number of phenols is 1. The summed E-state index contributed by atoms with van der Waals surface area (Å²) in [5, 5.41) is 10.2. The van der Waals surface area contributed by atoms with E-state index in [1.807, 2.05) is 4.90 Å². The molecular formula is C27H33Cl3F5N3O3. The predicted molar refractivity (Wildman–Crippen MR) is 151 cm³/mol. The van der Waals surface area contributed by atoms with Crippen molar-refractivity contribution < 1.29 is 36.6 Å². The Bertz CT molecular complexity index is 1180. The van der Waals surface area contributed by atoms with E-state index in [1.165, 1.54) is 19.2 Å². The van der Waals surface area contributed by atoms with Gasteiger partial charge in [0.15, 0.2) is 0 Å². The van der Waals surface area contributed by atoms with Gasteiger partial charge in [-0.25, -0.2) is 8.78 Å². The highest BCUT2D eigenvalue weighted by molar-refractivity contribution is 6.32. The zero-order valence-electron chi connectivity index (χ0n) is 22.3. The van der Waals surface area contributed by atoms with E-state index >= 15 is 0 Å². The van der Waals surface area contributed by atoms with Crippen LogP contribution in [0, 0.1) is 0 Å². The number of halogens is 8. The molecule has 0 spiro atoms. The Kier molecular flexibility index (Phi) is 12.4. The lowest BCUT2D eigenvalue weighted by molar-refractivity contribution is -0.137. The lowest BCUT2D eigenvalue weighted by atomic mass is 9.99. The summed E-state index contributed by atoms with van der Waals surface area (Å²) in [4.78, 5) is 19.3. The fourth-order valence-corrected chi connectivity index (χ4v) is 5.20. The SMILES string of the molecule is COc1cc(C(=O)N2CCN(CCN3CCC(F)(F)CC3)C[C@H]2Cc2ccc(Cl)c(O)c2)cc(C(F)(F)F)c1.Cl.Cl. The fraction of sp³-hybridized carbons (Fsp3) is 0.519. The second-order valence-electron chi connectivity index (χ2n) is 10.1. The minimum Gasteiger partial charge on any atom is -0.506 e. The van der Waals surface area contributed by atoms with Crippen LogP contribution in [0.5, 0.6) is 11.5 Å². The molecule has 2 fully saturated rings. The molecule has 0 aliphatic carbocycles. The molecule has 6 nitrogen and oxygen atoms in total. The monoisotopic (exact) mass is 647 g/mol. The standard InChI is InChI=1S/C27H31ClF5N3O3.2ClH/c1-39-22-15-19(14-20(16-22)27(31,32)33)25(38)36-11-10-35(9-8-34-6-4-26(29,30)5-7-34)17-21(36)12-18-2-3-23(28)24(37)13-18;;/h2-3,13-16,21,37H,4-12,17H2,1H3;2*1H/t21-;;/m1../s1. The summed E-state index contributed by atoms with van der Waals surface area (Å²) in [6.45, 7) is 3.01. The van der Waals surface area contributed by atoms with Gasteiger partial charge in [0.25, 0.3) is 11.8 Å². The van der Waals surface area contributed by atoms with E-state index in [1.54, 1.807) is 17.0 Å². The number of benzene rings is 2. The quantitative estimate of drug-likeness (QED) is 0.373. The summed E-state index contributed by atoms with van der Waals surface area (Å²) >= 11 is 5.94. The van der Waals surface area contributed by atoms with Crippen molar-refractivity contribution in [3.05, 3.63) is 58.1 Å². The minimum absolute atomic E-state index is 0. The highest BCUT2D eigenvalue weighted by atomic mass is 35.5. The summed E-state index contributed by atoms with van der Waals surface area (Å²) in [5.74, 6) is -3.35. The van der Waals surface area contributed by atoms with Gasteiger partial charge >= 0.3 is 6.18 Å². The number of piperidine rings is 1. The number of carbonyl (C=O) groups excluding carboxylic acids is 1. The van der Waals surface area contributed by atoms with Crippen LogP contribution in [0.25, 0.3) is 0 Å². The van der Waals surface area contributed by atoms with Gasteiger partial charge in [-0.05, 0) is 42.3 Å². The van der Waals surface area contributed by atoms with Gasteiger partial charge in [-0.2, -0.15) is 13.2 Å². The smallest absolute Gasteiger partial charge is 0.416 e. The molecule has 2 aromatic rings. The third-order valence-corrected chi connectivity index (χ3v) is 7.67. The Morgan fingerprint density at radius 3 is 2.29 bits per heavy atom. The molecule has 1 atom stereocenters. The largest absolute Gasteiger partial charge is 0.506 e. The number of carbonyl (C=O) groups is 1. The summed E-state index contributed by atoms with van der Waals surface area (Å²) in [6, 6.07) is 7.33. The van der Waals surface area contributed by atoms with Crippen molar-refractivity contribution in [3.63, 3.8) is 0 Å². The number of phenolic OH excluding ortho intramolecular Hbond substituents is 1. The second-order valence-corrected chi connectivity index (χ2v) is 10.5. The van der Waals surface area contributed by atoms with Crippen molar-refractivity contribution >= 4 is 42.3 Å². The fourth-order valence-electron chi connectivity index (χ4n) is 5.08. The molecule has 0 bridgehead atoms. The number of ether oxygens (including phenoxy) is 1. The molecule has 0 radical (unpaired) electrons. The van der Waals surface area contributed by atoms with Crippen LogP contribution in [0.2, 0.25) is 5.02 Å². The Balaban J connectivity index is 0.00000294.